The summed E-state index contributed by atoms with van der Waals surface area (Å²) in [5, 5.41) is 2.72. The first-order chi connectivity index (χ1) is 13.9. The fourth-order valence-electron chi connectivity index (χ4n) is 3.32. The van der Waals surface area contributed by atoms with Crippen LogP contribution in [0.15, 0.2) is 30.3 Å². The Kier molecular flexibility index (Phi) is 5.91. The van der Waals surface area contributed by atoms with E-state index in [-0.39, 0.29) is 24.8 Å². The minimum atomic E-state index is -0.566. The Balaban J connectivity index is 1.81. The monoisotopic (exact) mass is 402 g/mol. The Morgan fingerprint density at radius 3 is 2.34 bits per heavy atom. The zero-order chi connectivity index (χ0) is 21.1. The van der Waals surface area contributed by atoms with E-state index in [1.807, 2.05) is 0 Å². The maximum absolute atomic E-state index is 13.5. The number of methoxy groups -OCH3 is 3. The molecule has 1 N–H and O–H groups in total. The third-order valence-electron chi connectivity index (χ3n) is 4.91. The maximum Gasteiger partial charge on any atom is 0.229 e. The molecular weight excluding hydrogens is 379 g/mol. The molecule has 2 aromatic carbocycles. The average molecular weight is 402 g/mol. The highest BCUT2D eigenvalue weighted by molar-refractivity contribution is 6.04. The summed E-state index contributed by atoms with van der Waals surface area (Å²) in [6, 6.07) is 7.51. The van der Waals surface area contributed by atoms with Gasteiger partial charge in [0.15, 0.2) is 11.5 Å². The molecule has 2 amide bonds. The first kappa shape index (κ1) is 20.4. The molecule has 0 saturated carbocycles. The molecule has 1 aliphatic heterocycles. The van der Waals surface area contributed by atoms with Crippen molar-refractivity contribution in [2.24, 2.45) is 5.92 Å². The van der Waals surface area contributed by atoms with E-state index >= 15 is 0 Å². The summed E-state index contributed by atoms with van der Waals surface area (Å²) in [5.74, 6) is -0.286. The second-order valence-corrected chi connectivity index (χ2v) is 6.74. The fraction of sp³-hybridized carbons (Fsp3) is 0.333. The number of carbonyl (C=O) groups excluding carboxylic acids is 2. The van der Waals surface area contributed by atoms with Crippen molar-refractivity contribution in [3.8, 4) is 17.2 Å². The molecule has 154 valence electrons. The quantitative estimate of drug-likeness (QED) is 0.803. The van der Waals surface area contributed by atoms with Crippen molar-refractivity contribution in [1.29, 1.82) is 0 Å². The van der Waals surface area contributed by atoms with E-state index in [1.54, 1.807) is 25.1 Å². The Hall–Kier alpha value is -3.29. The first-order valence-electron chi connectivity index (χ1n) is 9.05. The smallest absolute Gasteiger partial charge is 0.229 e. The second kappa shape index (κ2) is 8.38. The van der Waals surface area contributed by atoms with Gasteiger partial charge in [0.2, 0.25) is 17.6 Å². The number of benzene rings is 2. The predicted molar refractivity (Wildman–Crippen MR) is 106 cm³/mol. The number of nitrogens with zero attached hydrogens (tertiary/aromatic N) is 1. The topological polar surface area (TPSA) is 77.1 Å². The molecule has 29 heavy (non-hydrogen) atoms. The number of hydrogen-bond donors (Lipinski definition) is 1. The van der Waals surface area contributed by atoms with Crippen molar-refractivity contribution in [1.82, 2.24) is 0 Å². The van der Waals surface area contributed by atoms with Crippen LogP contribution in [0.2, 0.25) is 0 Å². The predicted octanol–water partition coefficient (Wildman–Crippen LogP) is 3.15. The Labute approximate surface area is 168 Å². The second-order valence-electron chi connectivity index (χ2n) is 6.74. The fourth-order valence-corrected chi connectivity index (χ4v) is 3.32. The lowest BCUT2D eigenvalue weighted by atomic mass is 10.1. The van der Waals surface area contributed by atoms with Gasteiger partial charge >= 0.3 is 0 Å². The zero-order valence-corrected chi connectivity index (χ0v) is 16.7. The standard InChI is InChI=1S/C21H23FN2O5/c1-12-5-6-14(22)8-16(12)23-21(26)13-7-19(25)24(11-13)15-9-17(27-2)20(29-4)18(10-15)28-3/h5-6,8-10,13H,7,11H2,1-4H3,(H,23,26)/t13-/m1/s1. The molecule has 1 aliphatic rings. The molecule has 1 saturated heterocycles. The summed E-state index contributed by atoms with van der Waals surface area (Å²) in [5.41, 5.74) is 1.68. The van der Waals surface area contributed by atoms with Gasteiger partial charge < -0.3 is 24.4 Å². The van der Waals surface area contributed by atoms with Crippen molar-refractivity contribution in [2.45, 2.75) is 13.3 Å². The van der Waals surface area contributed by atoms with Gasteiger partial charge in [0.1, 0.15) is 5.82 Å². The van der Waals surface area contributed by atoms with E-state index < -0.39 is 11.7 Å². The number of halogens is 1. The Morgan fingerprint density at radius 1 is 1.10 bits per heavy atom. The normalized spacial score (nSPS) is 16.0. The van der Waals surface area contributed by atoms with E-state index in [0.717, 1.165) is 5.56 Å². The lowest BCUT2D eigenvalue weighted by Gasteiger charge is -2.20. The Bertz CT molecular complexity index is 922. The number of hydrogen-bond acceptors (Lipinski definition) is 5. The highest BCUT2D eigenvalue weighted by Gasteiger charge is 2.36. The SMILES string of the molecule is COc1cc(N2C[C@H](C(=O)Nc3cc(F)ccc3C)CC2=O)cc(OC)c1OC. The summed E-state index contributed by atoms with van der Waals surface area (Å²) in [7, 11) is 4.48. The number of ether oxygens (including phenoxy) is 3. The molecule has 8 heteroatoms. The molecule has 0 aliphatic carbocycles. The minimum Gasteiger partial charge on any atom is -0.493 e. The highest BCUT2D eigenvalue weighted by Crippen LogP contribution is 2.42. The molecule has 2 aromatic rings. The number of anilines is 2. The van der Waals surface area contributed by atoms with Crippen LogP contribution >= 0.6 is 0 Å². The summed E-state index contributed by atoms with van der Waals surface area (Å²) < 4.78 is 29.4. The van der Waals surface area contributed by atoms with Gasteiger partial charge in [0, 0.05) is 30.8 Å². The minimum absolute atomic E-state index is 0.0524. The van der Waals surface area contributed by atoms with E-state index in [9.17, 15) is 14.0 Å². The maximum atomic E-state index is 13.5. The molecule has 0 aromatic heterocycles. The number of amides is 2. The van der Waals surface area contributed by atoms with Crippen molar-refractivity contribution in [2.75, 3.05) is 38.1 Å². The lowest BCUT2D eigenvalue weighted by molar-refractivity contribution is -0.122. The molecule has 3 rings (SSSR count). The third kappa shape index (κ3) is 4.11. The molecule has 1 atom stereocenters. The van der Waals surface area contributed by atoms with Crippen LogP contribution in [0.5, 0.6) is 17.2 Å². The van der Waals surface area contributed by atoms with Crippen molar-refractivity contribution >= 4 is 23.2 Å². The largest absolute Gasteiger partial charge is 0.493 e. The van der Waals surface area contributed by atoms with E-state index in [1.165, 1.54) is 38.4 Å². The van der Waals surface area contributed by atoms with Crippen LogP contribution < -0.4 is 24.4 Å². The summed E-state index contributed by atoms with van der Waals surface area (Å²) in [6.07, 6.45) is 0.0524. The number of nitrogens with one attached hydrogen (secondary N) is 1. The summed E-state index contributed by atoms with van der Waals surface area (Å²) >= 11 is 0. The van der Waals surface area contributed by atoms with Gasteiger partial charge in [-0.15, -0.1) is 0 Å². The van der Waals surface area contributed by atoms with Crippen LogP contribution in [0.4, 0.5) is 15.8 Å². The van der Waals surface area contributed by atoms with Crippen molar-refractivity contribution in [3.63, 3.8) is 0 Å². The van der Waals surface area contributed by atoms with Crippen LogP contribution in [0.25, 0.3) is 0 Å². The van der Waals surface area contributed by atoms with Gasteiger partial charge in [-0.2, -0.15) is 0 Å². The molecule has 0 radical (unpaired) electrons. The van der Waals surface area contributed by atoms with Gasteiger partial charge in [-0.25, -0.2) is 4.39 Å². The van der Waals surface area contributed by atoms with Gasteiger partial charge in [0.05, 0.1) is 32.9 Å². The number of rotatable bonds is 6. The van der Waals surface area contributed by atoms with E-state index in [0.29, 0.717) is 28.6 Å². The highest BCUT2D eigenvalue weighted by atomic mass is 19.1. The summed E-state index contributed by atoms with van der Waals surface area (Å²) in [4.78, 5) is 26.8. The molecule has 7 nitrogen and oxygen atoms in total. The van der Waals surface area contributed by atoms with E-state index in [2.05, 4.69) is 5.32 Å². The molecule has 1 fully saturated rings. The molecule has 1 heterocycles. The Morgan fingerprint density at radius 2 is 1.76 bits per heavy atom. The van der Waals surface area contributed by atoms with Gasteiger partial charge in [-0.1, -0.05) is 6.07 Å². The van der Waals surface area contributed by atoms with Crippen molar-refractivity contribution in [3.05, 3.63) is 41.7 Å². The lowest BCUT2D eigenvalue weighted by Crippen LogP contribution is -2.28. The van der Waals surface area contributed by atoms with Crippen LogP contribution in [0.3, 0.4) is 0 Å². The average Bonchev–Trinajstić information content (AvgIpc) is 3.11. The summed E-state index contributed by atoms with van der Waals surface area (Å²) in [6.45, 7) is 1.97. The number of carbonyl (C=O) groups is 2. The first-order valence-corrected chi connectivity index (χ1v) is 9.05. The molecule has 0 spiro atoms. The molecule has 0 bridgehead atoms. The van der Waals surface area contributed by atoms with Crippen LogP contribution in [0.1, 0.15) is 12.0 Å². The van der Waals surface area contributed by atoms with Crippen molar-refractivity contribution < 1.29 is 28.2 Å². The van der Waals surface area contributed by atoms with Crippen LogP contribution in [-0.2, 0) is 9.59 Å². The zero-order valence-electron chi connectivity index (χ0n) is 16.7. The van der Waals surface area contributed by atoms with Gasteiger partial charge in [0.25, 0.3) is 0 Å². The van der Waals surface area contributed by atoms with Gasteiger partial charge in [-0.3, -0.25) is 9.59 Å². The molecular formula is C21H23FN2O5. The number of aryl methyl sites for hydroxylation is 1. The third-order valence-corrected chi connectivity index (χ3v) is 4.91. The van der Waals surface area contributed by atoms with Gasteiger partial charge in [-0.05, 0) is 24.6 Å². The van der Waals surface area contributed by atoms with Crippen LogP contribution in [0, 0.1) is 18.7 Å². The van der Waals surface area contributed by atoms with Crippen LogP contribution in [-0.4, -0.2) is 39.7 Å². The van der Waals surface area contributed by atoms with E-state index in [4.69, 9.17) is 14.2 Å². The molecule has 0 unspecified atom stereocenters.